The monoisotopic (exact) mass is 1060 g/mol. The van der Waals surface area contributed by atoms with E-state index < -0.39 is 67.4 Å². The van der Waals surface area contributed by atoms with Gasteiger partial charge in [0, 0.05) is 6.42 Å². The topological polar surface area (TPSA) is 175 Å². The maximum absolute atomic E-state index is 13.4. The molecule has 0 aromatic carbocycles. The van der Waals surface area contributed by atoms with Gasteiger partial charge in [-0.2, -0.15) is 0 Å². The van der Waals surface area contributed by atoms with Gasteiger partial charge in [-0.05, 0) is 77.0 Å². The van der Waals surface area contributed by atoms with Gasteiger partial charge in [-0.1, -0.05) is 250 Å². The van der Waals surface area contributed by atoms with Crippen molar-refractivity contribution >= 4 is 11.9 Å². The van der Waals surface area contributed by atoms with Gasteiger partial charge in [-0.15, -0.1) is 0 Å². The van der Waals surface area contributed by atoms with Crippen LogP contribution in [0.4, 0.5) is 0 Å². The van der Waals surface area contributed by atoms with E-state index >= 15 is 0 Å². The summed E-state index contributed by atoms with van der Waals surface area (Å²) in [5, 5.41) is 57.0. The van der Waals surface area contributed by atoms with Crippen LogP contribution in [-0.4, -0.2) is 99.6 Å². The molecule has 75 heavy (non-hydrogen) atoms. The number of hydrogen-bond acceptors (Lipinski definition) is 10. The van der Waals surface area contributed by atoms with Crippen molar-refractivity contribution in [3.63, 3.8) is 0 Å². The molecule has 0 bridgehead atoms. The molecule has 1 fully saturated rings. The number of carbonyl (C=O) groups excluding carboxylic acids is 2. The van der Waals surface area contributed by atoms with Crippen LogP contribution in [-0.2, 0) is 23.8 Å². The molecule has 8 unspecified atom stereocenters. The van der Waals surface area contributed by atoms with Crippen LogP contribution in [0, 0.1) is 0 Å². The molecule has 0 spiro atoms. The molecule has 1 heterocycles. The molecule has 11 nitrogen and oxygen atoms in total. The summed E-state index contributed by atoms with van der Waals surface area (Å²) in [5.41, 5.74) is 0. The van der Waals surface area contributed by atoms with E-state index in [0.717, 1.165) is 64.2 Å². The number of unbranched alkanes of at least 4 members (excludes halogenated alkanes) is 36. The number of aliphatic hydroxyl groups excluding tert-OH is 5. The van der Waals surface area contributed by atoms with Crippen LogP contribution in [0.1, 0.15) is 297 Å². The normalized spacial score (nSPS) is 19.4. The molecule has 0 aliphatic carbocycles. The number of carbonyl (C=O) groups is 2. The van der Waals surface area contributed by atoms with Gasteiger partial charge in [0.05, 0.1) is 25.4 Å². The molecule has 8 atom stereocenters. The smallest absolute Gasteiger partial charge is 0.306 e. The zero-order chi connectivity index (χ0) is 54.7. The number of allylic oxidation sites excluding steroid dienone is 5. The molecule has 1 rings (SSSR count). The number of nitrogens with one attached hydrogen (secondary N) is 1. The van der Waals surface area contributed by atoms with Crippen molar-refractivity contribution < 1.29 is 49.3 Å². The van der Waals surface area contributed by atoms with Crippen molar-refractivity contribution in [1.82, 2.24) is 5.32 Å². The predicted molar refractivity (Wildman–Crippen MR) is 311 cm³/mol. The van der Waals surface area contributed by atoms with Crippen molar-refractivity contribution in [2.45, 2.75) is 346 Å². The molecule has 11 heteroatoms. The van der Waals surface area contributed by atoms with Crippen molar-refractivity contribution in [3.05, 3.63) is 36.5 Å². The minimum absolute atomic E-state index is 0.105. The minimum Gasteiger partial charge on any atom is -0.454 e. The molecule has 0 radical (unpaired) electrons. The van der Waals surface area contributed by atoms with Gasteiger partial charge in [0.1, 0.15) is 24.4 Å². The third kappa shape index (κ3) is 40.7. The second kappa shape index (κ2) is 52.6. The number of amides is 1. The summed E-state index contributed by atoms with van der Waals surface area (Å²) in [6, 6.07) is -1.02. The molecule has 1 aliphatic heterocycles. The lowest BCUT2D eigenvalue weighted by Crippen LogP contribution is -2.61. The SMILES string of the molecule is CCCCCCCC/C=C/CCCCCCCCCCCCC(O)C(=O)NC(COC1OC(CO)C(O)C(O)C1OC(=O)CCCCC/C=C\CCCCCCCCC)C(O)/C=C/CCCCCCCCCCCC. The number of esters is 1. The number of aliphatic hydroxyl groups is 5. The summed E-state index contributed by atoms with van der Waals surface area (Å²) in [4.78, 5) is 26.5. The first-order valence-electron chi connectivity index (χ1n) is 31.8. The first-order valence-corrected chi connectivity index (χ1v) is 31.8. The Kier molecular flexibility index (Phi) is 49.7. The fraction of sp³-hybridized carbons (Fsp3) is 0.875. The molecule has 1 aliphatic rings. The fourth-order valence-electron chi connectivity index (χ4n) is 9.94. The van der Waals surface area contributed by atoms with Crippen LogP contribution >= 0.6 is 0 Å². The van der Waals surface area contributed by atoms with Crippen LogP contribution in [0.15, 0.2) is 36.5 Å². The Labute approximate surface area is 460 Å². The third-order valence-corrected chi connectivity index (χ3v) is 15.0. The predicted octanol–water partition coefficient (Wildman–Crippen LogP) is 15.1. The van der Waals surface area contributed by atoms with E-state index in [4.69, 9.17) is 14.2 Å². The van der Waals surface area contributed by atoms with Gasteiger partial charge in [0.25, 0.3) is 0 Å². The van der Waals surface area contributed by atoms with Gasteiger partial charge < -0.3 is 45.1 Å². The average molecular weight is 1060 g/mol. The van der Waals surface area contributed by atoms with Crippen LogP contribution in [0.3, 0.4) is 0 Å². The largest absolute Gasteiger partial charge is 0.454 e. The quantitative estimate of drug-likeness (QED) is 0.0195. The van der Waals surface area contributed by atoms with Gasteiger partial charge in [-0.25, -0.2) is 0 Å². The molecular weight excluding hydrogens is 943 g/mol. The summed E-state index contributed by atoms with van der Waals surface area (Å²) in [6.07, 6.45) is 51.9. The van der Waals surface area contributed by atoms with E-state index in [1.54, 1.807) is 6.08 Å². The number of hydrogen-bond donors (Lipinski definition) is 6. The zero-order valence-electron chi connectivity index (χ0n) is 48.7. The molecular formula is C64H119NO10. The minimum atomic E-state index is -1.62. The second-order valence-electron chi connectivity index (χ2n) is 22.1. The highest BCUT2D eigenvalue weighted by Gasteiger charge is 2.47. The third-order valence-electron chi connectivity index (χ3n) is 15.0. The molecule has 0 aromatic rings. The van der Waals surface area contributed by atoms with Gasteiger partial charge in [0.2, 0.25) is 5.91 Å². The van der Waals surface area contributed by atoms with E-state index in [1.807, 2.05) is 6.08 Å². The van der Waals surface area contributed by atoms with Gasteiger partial charge >= 0.3 is 5.97 Å². The Hall–Kier alpha value is -2.12. The van der Waals surface area contributed by atoms with Crippen molar-refractivity contribution in [1.29, 1.82) is 0 Å². The standard InChI is InChI=1S/C64H119NO10/c1-4-7-10-13-16-19-22-25-27-28-29-30-31-32-33-36-39-42-45-48-51-57(68)63(72)65-55(56(67)50-47-44-41-38-35-24-21-18-15-12-9-6-3)54-73-64-62(61(71)60(70)58(53-66)74-64)75-59(69)52-49-46-43-40-37-34-26-23-20-17-14-11-8-5-2/h25,27,34,37,47,50,55-58,60-62,64,66-68,70-71H,4-24,26,28-33,35-36,38-46,48-49,51-54H2,1-3H3,(H,65,72)/b27-25+,37-34-,50-47+. The van der Waals surface area contributed by atoms with E-state index in [-0.39, 0.29) is 13.0 Å². The molecule has 0 aromatic heterocycles. The second-order valence-corrected chi connectivity index (χ2v) is 22.1. The van der Waals surface area contributed by atoms with Crippen molar-refractivity contribution in [3.8, 4) is 0 Å². The summed E-state index contributed by atoms with van der Waals surface area (Å²) in [5.74, 6) is -1.20. The molecule has 0 saturated carbocycles. The van der Waals surface area contributed by atoms with Crippen LogP contribution < -0.4 is 5.32 Å². The lowest BCUT2D eigenvalue weighted by atomic mass is 9.99. The van der Waals surface area contributed by atoms with E-state index in [0.29, 0.717) is 19.3 Å². The molecule has 6 N–H and O–H groups in total. The number of rotatable bonds is 54. The molecule has 1 amide bonds. The van der Waals surface area contributed by atoms with Crippen LogP contribution in [0.25, 0.3) is 0 Å². The Morgan fingerprint density at radius 2 is 0.880 bits per heavy atom. The Balaban J connectivity index is 2.66. The first kappa shape index (κ1) is 70.9. The maximum atomic E-state index is 13.4. The van der Waals surface area contributed by atoms with Crippen molar-refractivity contribution in [2.24, 2.45) is 0 Å². The van der Waals surface area contributed by atoms with Gasteiger partial charge in [-0.3, -0.25) is 9.59 Å². The molecule has 440 valence electrons. The van der Waals surface area contributed by atoms with E-state index in [1.165, 1.54) is 186 Å². The maximum Gasteiger partial charge on any atom is 0.306 e. The number of ether oxygens (including phenoxy) is 3. The van der Waals surface area contributed by atoms with E-state index in [9.17, 15) is 35.1 Å². The van der Waals surface area contributed by atoms with Crippen LogP contribution in [0.5, 0.6) is 0 Å². The molecule has 1 saturated heterocycles. The summed E-state index contributed by atoms with van der Waals surface area (Å²) >= 11 is 0. The summed E-state index contributed by atoms with van der Waals surface area (Å²) in [7, 11) is 0. The summed E-state index contributed by atoms with van der Waals surface area (Å²) in [6.45, 7) is 5.79. The highest BCUT2D eigenvalue weighted by molar-refractivity contribution is 5.80. The highest BCUT2D eigenvalue weighted by Crippen LogP contribution is 2.26. The summed E-state index contributed by atoms with van der Waals surface area (Å²) < 4.78 is 17.6. The average Bonchev–Trinajstić information content (AvgIpc) is 3.41. The van der Waals surface area contributed by atoms with Crippen molar-refractivity contribution in [2.75, 3.05) is 13.2 Å². The van der Waals surface area contributed by atoms with E-state index in [2.05, 4.69) is 50.4 Å². The Morgan fingerprint density at radius 3 is 1.29 bits per heavy atom. The van der Waals surface area contributed by atoms with Crippen LogP contribution in [0.2, 0.25) is 0 Å². The lowest BCUT2D eigenvalue weighted by molar-refractivity contribution is -0.305. The van der Waals surface area contributed by atoms with Gasteiger partial charge in [0.15, 0.2) is 12.4 Å². The fourth-order valence-corrected chi connectivity index (χ4v) is 9.94. The zero-order valence-corrected chi connectivity index (χ0v) is 48.7. The lowest BCUT2D eigenvalue weighted by Gasteiger charge is -2.41. The Morgan fingerprint density at radius 1 is 0.507 bits per heavy atom. The Bertz CT molecular complexity index is 1360. The highest BCUT2D eigenvalue weighted by atomic mass is 16.7. The first-order chi connectivity index (χ1) is 36.7.